The molecule has 0 aliphatic carbocycles. The van der Waals surface area contributed by atoms with Gasteiger partial charge in [0.1, 0.15) is 11.5 Å². The Labute approximate surface area is 169 Å². The van der Waals surface area contributed by atoms with Crippen LogP contribution in [0.2, 0.25) is 0 Å². The number of carbonyl (C=O) groups excluding carboxylic acids is 1. The number of hydrogen-bond acceptors (Lipinski definition) is 7. The van der Waals surface area contributed by atoms with E-state index >= 15 is 0 Å². The summed E-state index contributed by atoms with van der Waals surface area (Å²) in [5.41, 5.74) is 0.453. The van der Waals surface area contributed by atoms with Crippen molar-refractivity contribution in [2.45, 2.75) is 39.8 Å². The standard InChI is InChI=1S/C20H27N3O6/c1-13(2)22(14(3)4)10-11-28-18-12-15(6-7-16(18)27-5)21-20(24)17-8-9-19(29-17)23(25)26/h6-9,12-14H,10-11H2,1-5H3,(H,21,24). The number of ether oxygens (including phenoxy) is 2. The molecule has 0 spiro atoms. The van der Waals surface area contributed by atoms with E-state index in [1.807, 2.05) is 0 Å². The number of hydrogen-bond donors (Lipinski definition) is 1. The van der Waals surface area contributed by atoms with Gasteiger partial charge in [-0.05, 0) is 45.9 Å². The molecule has 1 aromatic heterocycles. The maximum Gasteiger partial charge on any atom is 0.433 e. The van der Waals surface area contributed by atoms with Gasteiger partial charge in [0.25, 0.3) is 5.91 Å². The van der Waals surface area contributed by atoms with Crippen LogP contribution < -0.4 is 14.8 Å². The summed E-state index contributed by atoms with van der Waals surface area (Å²) in [7, 11) is 1.54. The van der Waals surface area contributed by atoms with E-state index in [4.69, 9.17) is 13.9 Å². The Morgan fingerprint density at radius 1 is 1.17 bits per heavy atom. The van der Waals surface area contributed by atoms with E-state index in [1.165, 1.54) is 13.2 Å². The maximum atomic E-state index is 12.3. The zero-order chi connectivity index (χ0) is 21.6. The Morgan fingerprint density at radius 3 is 2.41 bits per heavy atom. The molecule has 0 bridgehead atoms. The van der Waals surface area contributed by atoms with Crippen molar-refractivity contribution in [1.29, 1.82) is 0 Å². The second kappa shape index (κ2) is 9.92. The van der Waals surface area contributed by atoms with Gasteiger partial charge < -0.3 is 19.2 Å². The molecule has 1 N–H and O–H groups in total. The van der Waals surface area contributed by atoms with Gasteiger partial charge in [0, 0.05) is 30.4 Å². The predicted molar refractivity (Wildman–Crippen MR) is 109 cm³/mol. The number of rotatable bonds is 10. The van der Waals surface area contributed by atoms with Crippen molar-refractivity contribution in [3.05, 3.63) is 46.2 Å². The summed E-state index contributed by atoms with van der Waals surface area (Å²) in [6, 6.07) is 8.14. The second-order valence-electron chi connectivity index (χ2n) is 6.99. The van der Waals surface area contributed by atoms with Crippen molar-refractivity contribution in [2.24, 2.45) is 0 Å². The van der Waals surface area contributed by atoms with Crippen LogP contribution in [0.5, 0.6) is 11.5 Å². The Bertz CT molecular complexity index is 838. The molecular weight excluding hydrogens is 378 g/mol. The molecule has 158 valence electrons. The van der Waals surface area contributed by atoms with Crippen LogP contribution >= 0.6 is 0 Å². The number of anilines is 1. The van der Waals surface area contributed by atoms with Gasteiger partial charge in [-0.15, -0.1) is 0 Å². The Balaban J connectivity index is 2.07. The van der Waals surface area contributed by atoms with E-state index in [9.17, 15) is 14.9 Å². The van der Waals surface area contributed by atoms with Gasteiger partial charge in [0.05, 0.1) is 13.2 Å². The molecule has 0 aliphatic heterocycles. The highest BCUT2D eigenvalue weighted by atomic mass is 16.6. The summed E-state index contributed by atoms with van der Waals surface area (Å²) >= 11 is 0. The number of nitrogens with one attached hydrogen (secondary N) is 1. The Morgan fingerprint density at radius 2 is 1.86 bits per heavy atom. The van der Waals surface area contributed by atoms with E-state index in [2.05, 4.69) is 37.9 Å². The first-order chi connectivity index (χ1) is 13.7. The van der Waals surface area contributed by atoms with Gasteiger partial charge in [-0.25, -0.2) is 0 Å². The number of furan rings is 1. The molecule has 0 saturated carbocycles. The van der Waals surface area contributed by atoms with E-state index < -0.39 is 16.7 Å². The first-order valence-electron chi connectivity index (χ1n) is 9.35. The highest BCUT2D eigenvalue weighted by Crippen LogP contribution is 2.30. The first-order valence-corrected chi connectivity index (χ1v) is 9.35. The molecule has 0 radical (unpaired) electrons. The lowest BCUT2D eigenvalue weighted by Crippen LogP contribution is -2.39. The fourth-order valence-electron chi connectivity index (χ4n) is 2.98. The number of benzene rings is 1. The van der Waals surface area contributed by atoms with Gasteiger partial charge >= 0.3 is 5.88 Å². The van der Waals surface area contributed by atoms with Crippen LogP contribution in [0, 0.1) is 10.1 Å². The van der Waals surface area contributed by atoms with Gasteiger partial charge in [0.15, 0.2) is 17.3 Å². The van der Waals surface area contributed by atoms with Crippen LogP contribution in [0.3, 0.4) is 0 Å². The molecule has 2 rings (SSSR count). The lowest BCUT2D eigenvalue weighted by atomic mass is 10.2. The Hall–Kier alpha value is -3.07. The average Bonchev–Trinajstić information content (AvgIpc) is 3.15. The smallest absolute Gasteiger partial charge is 0.433 e. The molecule has 0 unspecified atom stereocenters. The molecule has 1 amide bonds. The number of nitrogens with zero attached hydrogens (tertiary/aromatic N) is 2. The average molecular weight is 405 g/mol. The second-order valence-corrected chi connectivity index (χ2v) is 6.99. The zero-order valence-electron chi connectivity index (χ0n) is 17.3. The minimum absolute atomic E-state index is 0.153. The number of nitro groups is 1. The van der Waals surface area contributed by atoms with Crippen molar-refractivity contribution >= 4 is 17.5 Å². The molecular formula is C20H27N3O6. The first kappa shape index (κ1) is 22.2. The number of methoxy groups -OCH3 is 1. The SMILES string of the molecule is COc1ccc(NC(=O)c2ccc([N+](=O)[O-])o2)cc1OCCN(C(C)C)C(C)C. The molecule has 0 aliphatic rings. The van der Waals surface area contributed by atoms with Crippen molar-refractivity contribution in [3.63, 3.8) is 0 Å². The van der Waals surface area contributed by atoms with E-state index in [-0.39, 0.29) is 5.76 Å². The lowest BCUT2D eigenvalue weighted by molar-refractivity contribution is -0.402. The molecule has 29 heavy (non-hydrogen) atoms. The van der Waals surface area contributed by atoms with Crippen LogP contribution in [-0.2, 0) is 0 Å². The van der Waals surface area contributed by atoms with Crippen molar-refractivity contribution in [1.82, 2.24) is 4.90 Å². The van der Waals surface area contributed by atoms with Crippen molar-refractivity contribution in [2.75, 3.05) is 25.6 Å². The third-order valence-corrected chi connectivity index (χ3v) is 4.35. The monoisotopic (exact) mass is 405 g/mol. The molecule has 0 saturated heterocycles. The molecule has 9 heteroatoms. The van der Waals surface area contributed by atoms with Crippen LogP contribution in [-0.4, -0.2) is 48.1 Å². The van der Waals surface area contributed by atoms with Crippen LogP contribution in [0.4, 0.5) is 11.6 Å². The molecule has 9 nitrogen and oxygen atoms in total. The Kier molecular flexibility index (Phi) is 7.60. The summed E-state index contributed by atoms with van der Waals surface area (Å²) in [6.07, 6.45) is 0. The van der Waals surface area contributed by atoms with Gasteiger partial charge in [0.2, 0.25) is 0 Å². The van der Waals surface area contributed by atoms with Crippen molar-refractivity contribution in [3.8, 4) is 11.5 Å². The fourth-order valence-corrected chi connectivity index (χ4v) is 2.98. The largest absolute Gasteiger partial charge is 0.493 e. The van der Waals surface area contributed by atoms with E-state index in [0.717, 1.165) is 12.6 Å². The topological polar surface area (TPSA) is 107 Å². The summed E-state index contributed by atoms with van der Waals surface area (Å²) in [6.45, 7) is 9.73. The minimum Gasteiger partial charge on any atom is -0.493 e. The summed E-state index contributed by atoms with van der Waals surface area (Å²) in [4.78, 5) is 24.6. The quantitative estimate of drug-likeness (QED) is 0.471. The maximum absolute atomic E-state index is 12.3. The molecule has 1 heterocycles. The molecule has 2 aromatic rings. The van der Waals surface area contributed by atoms with Gasteiger partial charge in [-0.1, -0.05) is 0 Å². The van der Waals surface area contributed by atoms with Gasteiger partial charge in [-0.2, -0.15) is 0 Å². The van der Waals surface area contributed by atoms with Gasteiger partial charge in [-0.3, -0.25) is 19.8 Å². The third-order valence-electron chi connectivity index (χ3n) is 4.35. The van der Waals surface area contributed by atoms with E-state index in [1.54, 1.807) is 18.2 Å². The highest BCUT2D eigenvalue weighted by Gasteiger charge is 2.18. The van der Waals surface area contributed by atoms with Crippen LogP contribution in [0.1, 0.15) is 38.2 Å². The number of amides is 1. The van der Waals surface area contributed by atoms with Crippen molar-refractivity contribution < 1.29 is 23.6 Å². The number of carbonyl (C=O) groups is 1. The lowest BCUT2D eigenvalue weighted by Gasteiger charge is -2.30. The highest BCUT2D eigenvalue weighted by molar-refractivity contribution is 6.02. The molecule has 0 atom stereocenters. The summed E-state index contributed by atoms with van der Waals surface area (Å²) in [5, 5.41) is 13.3. The summed E-state index contributed by atoms with van der Waals surface area (Å²) < 4.78 is 16.1. The molecule has 0 fully saturated rings. The predicted octanol–water partition coefficient (Wildman–Crippen LogP) is 3.95. The van der Waals surface area contributed by atoms with E-state index in [0.29, 0.717) is 35.9 Å². The fraction of sp³-hybridized carbons (Fsp3) is 0.450. The normalized spacial score (nSPS) is 11.2. The zero-order valence-corrected chi connectivity index (χ0v) is 17.3. The summed E-state index contributed by atoms with van der Waals surface area (Å²) in [5.74, 6) is -0.214. The van der Waals surface area contributed by atoms with Crippen LogP contribution in [0.25, 0.3) is 0 Å². The molecule has 1 aromatic carbocycles. The minimum atomic E-state index is -0.701. The third kappa shape index (κ3) is 5.95. The van der Waals surface area contributed by atoms with Crippen LogP contribution in [0.15, 0.2) is 34.7 Å².